The summed E-state index contributed by atoms with van der Waals surface area (Å²) in [4.78, 5) is 21.2. The quantitative estimate of drug-likeness (QED) is 0.909. The van der Waals surface area contributed by atoms with Gasteiger partial charge in [0.25, 0.3) is 0 Å². The molecular formula is C18H28N4OS. The molecule has 3 rings (SSSR count). The van der Waals surface area contributed by atoms with Crippen LogP contribution in [-0.4, -0.2) is 64.0 Å². The lowest BCUT2D eigenvalue weighted by Gasteiger charge is -2.38. The normalized spacial score (nSPS) is 26.3. The number of pyridine rings is 1. The predicted molar refractivity (Wildman–Crippen MR) is 99.3 cm³/mol. The summed E-state index contributed by atoms with van der Waals surface area (Å²) in [5.74, 6) is 1.22. The molecule has 0 spiro atoms. The zero-order chi connectivity index (χ0) is 17.0. The maximum atomic E-state index is 12.4. The van der Waals surface area contributed by atoms with Gasteiger partial charge in [0.2, 0.25) is 0 Å². The Morgan fingerprint density at radius 3 is 2.79 bits per heavy atom. The third-order valence-electron chi connectivity index (χ3n) is 5.18. The molecule has 1 aromatic heterocycles. The number of nitrogens with zero attached hydrogens (tertiary/aromatic N) is 3. The highest BCUT2D eigenvalue weighted by Crippen LogP contribution is 2.37. The fraction of sp³-hybridized carbons (Fsp3) is 0.667. The van der Waals surface area contributed by atoms with E-state index >= 15 is 0 Å². The molecule has 0 saturated carbocycles. The summed E-state index contributed by atoms with van der Waals surface area (Å²) in [5.41, 5.74) is 1.10. The molecule has 2 atom stereocenters. The highest BCUT2D eigenvalue weighted by molar-refractivity contribution is 8.00. The first kappa shape index (κ1) is 17.5. The molecule has 1 aromatic rings. The molecule has 24 heavy (non-hydrogen) atoms. The van der Waals surface area contributed by atoms with Gasteiger partial charge in [-0.3, -0.25) is 9.88 Å². The average molecular weight is 349 g/mol. The fourth-order valence-electron chi connectivity index (χ4n) is 3.47. The summed E-state index contributed by atoms with van der Waals surface area (Å²) >= 11 is 1.99. The number of carbonyl (C=O) groups excluding carboxylic acids is 1. The number of piperazine rings is 1. The second-order valence-electron chi connectivity index (χ2n) is 7.01. The van der Waals surface area contributed by atoms with Crippen molar-refractivity contribution in [1.29, 1.82) is 0 Å². The molecule has 2 amide bonds. The zero-order valence-corrected chi connectivity index (χ0v) is 15.5. The van der Waals surface area contributed by atoms with Crippen LogP contribution in [0.4, 0.5) is 4.79 Å². The molecule has 1 N–H and O–H groups in total. The van der Waals surface area contributed by atoms with Crippen LogP contribution in [0.3, 0.4) is 0 Å². The lowest BCUT2D eigenvalue weighted by Crippen LogP contribution is -2.53. The SMILES string of the molecule is C[C@H](c1ccccn1)N1CCN(C(=O)NC[C@@]2(C)CCCS2)CC1. The highest BCUT2D eigenvalue weighted by Gasteiger charge is 2.31. The monoisotopic (exact) mass is 348 g/mol. The van der Waals surface area contributed by atoms with E-state index < -0.39 is 0 Å². The standard InChI is InChI=1S/C18H28N4OS/c1-15(16-6-3-4-8-19-16)21-9-11-22(12-10-21)17(23)20-14-18(2)7-5-13-24-18/h3-4,6,8,15H,5,7,9-14H2,1-2H3,(H,20,23)/t15-,18-/m1/s1. The second kappa shape index (κ2) is 7.74. The van der Waals surface area contributed by atoms with Crippen molar-refractivity contribution >= 4 is 17.8 Å². The van der Waals surface area contributed by atoms with Crippen molar-refractivity contribution in [2.45, 2.75) is 37.5 Å². The van der Waals surface area contributed by atoms with E-state index in [1.807, 2.05) is 35.0 Å². The van der Waals surface area contributed by atoms with Gasteiger partial charge in [-0.2, -0.15) is 11.8 Å². The molecule has 0 aromatic carbocycles. The van der Waals surface area contributed by atoms with Crippen LogP contribution in [0, 0.1) is 0 Å². The van der Waals surface area contributed by atoms with Gasteiger partial charge in [-0.1, -0.05) is 6.07 Å². The highest BCUT2D eigenvalue weighted by atomic mass is 32.2. The maximum Gasteiger partial charge on any atom is 0.317 e. The van der Waals surface area contributed by atoms with E-state index in [0.29, 0.717) is 6.04 Å². The summed E-state index contributed by atoms with van der Waals surface area (Å²) in [6.45, 7) is 8.60. The molecule has 132 valence electrons. The van der Waals surface area contributed by atoms with Crippen molar-refractivity contribution in [2.75, 3.05) is 38.5 Å². The minimum Gasteiger partial charge on any atom is -0.337 e. The minimum absolute atomic E-state index is 0.0915. The van der Waals surface area contributed by atoms with Crippen LogP contribution in [0.2, 0.25) is 0 Å². The number of thioether (sulfide) groups is 1. The van der Waals surface area contributed by atoms with Gasteiger partial charge in [0, 0.05) is 49.7 Å². The largest absolute Gasteiger partial charge is 0.337 e. The molecule has 0 aliphatic carbocycles. The Morgan fingerprint density at radius 2 is 2.17 bits per heavy atom. The minimum atomic E-state index is 0.0915. The van der Waals surface area contributed by atoms with Crippen LogP contribution < -0.4 is 5.32 Å². The van der Waals surface area contributed by atoms with Crippen LogP contribution in [0.1, 0.15) is 38.4 Å². The summed E-state index contributed by atoms with van der Waals surface area (Å²) in [6, 6.07) is 6.44. The number of hydrogen-bond donors (Lipinski definition) is 1. The average Bonchev–Trinajstić information content (AvgIpc) is 3.07. The van der Waals surface area contributed by atoms with Crippen molar-refractivity contribution in [3.8, 4) is 0 Å². The molecule has 0 unspecified atom stereocenters. The van der Waals surface area contributed by atoms with Crippen LogP contribution in [-0.2, 0) is 0 Å². The third-order valence-corrected chi connectivity index (χ3v) is 6.72. The predicted octanol–water partition coefficient (Wildman–Crippen LogP) is 2.76. The first-order chi connectivity index (χ1) is 11.6. The molecule has 2 aliphatic rings. The summed E-state index contributed by atoms with van der Waals surface area (Å²) < 4.78 is 0.227. The van der Waals surface area contributed by atoms with E-state index in [0.717, 1.165) is 38.4 Å². The molecular weight excluding hydrogens is 320 g/mol. The summed E-state index contributed by atoms with van der Waals surface area (Å²) in [5, 5.41) is 3.15. The van der Waals surface area contributed by atoms with Gasteiger partial charge in [-0.25, -0.2) is 4.79 Å². The second-order valence-corrected chi connectivity index (χ2v) is 8.70. The van der Waals surface area contributed by atoms with Gasteiger partial charge in [-0.05, 0) is 44.6 Å². The Hall–Kier alpha value is -1.27. The number of rotatable bonds is 4. The fourth-order valence-corrected chi connectivity index (χ4v) is 4.72. The molecule has 2 fully saturated rings. The zero-order valence-electron chi connectivity index (χ0n) is 14.7. The van der Waals surface area contributed by atoms with E-state index in [4.69, 9.17) is 0 Å². The van der Waals surface area contributed by atoms with Crippen molar-refractivity contribution in [3.05, 3.63) is 30.1 Å². The van der Waals surface area contributed by atoms with Gasteiger partial charge < -0.3 is 10.2 Å². The molecule has 0 bridgehead atoms. The van der Waals surface area contributed by atoms with Crippen molar-refractivity contribution in [2.24, 2.45) is 0 Å². The van der Waals surface area contributed by atoms with Gasteiger partial charge in [0.15, 0.2) is 0 Å². The van der Waals surface area contributed by atoms with Gasteiger partial charge in [0.1, 0.15) is 0 Å². The van der Waals surface area contributed by atoms with Gasteiger partial charge in [0.05, 0.1) is 5.69 Å². The molecule has 0 radical (unpaired) electrons. The first-order valence-corrected chi connectivity index (χ1v) is 9.88. The van der Waals surface area contributed by atoms with Crippen LogP contribution in [0.15, 0.2) is 24.4 Å². The van der Waals surface area contributed by atoms with Crippen LogP contribution in [0.5, 0.6) is 0 Å². The number of aromatic nitrogens is 1. The molecule has 6 heteroatoms. The lowest BCUT2D eigenvalue weighted by atomic mass is 10.1. The summed E-state index contributed by atoms with van der Waals surface area (Å²) in [7, 11) is 0. The van der Waals surface area contributed by atoms with E-state index in [1.54, 1.807) is 0 Å². The number of carbonyl (C=O) groups is 1. The number of hydrogen-bond acceptors (Lipinski definition) is 4. The van der Waals surface area contributed by atoms with Crippen molar-refractivity contribution < 1.29 is 4.79 Å². The molecule has 5 nitrogen and oxygen atoms in total. The van der Waals surface area contributed by atoms with E-state index in [9.17, 15) is 4.79 Å². The Bertz CT molecular complexity index is 539. The lowest BCUT2D eigenvalue weighted by molar-refractivity contribution is 0.112. The molecule has 2 saturated heterocycles. The number of amides is 2. The number of nitrogens with one attached hydrogen (secondary N) is 1. The van der Waals surface area contributed by atoms with Crippen molar-refractivity contribution in [3.63, 3.8) is 0 Å². The van der Waals surface area contributed by atoms with E-state index in [2.05, 4.69) is 35.1 Å². The van der Waals surface area contributed by atoms with Crippen molar-refractivity contribution in [1.82, 2.24) is 20.1 Å². The Balaban J connectivity index is 1.45. The Labute approximate surface area is 149 Å². The van der Waals surface area contributed by atoms with E-state index in [-0.39, 0.29) is 10.8 Å². The first-order valence-electron chi connectivity index (χ1n) is 8.89. The molecule has 3 heterocycles. The van der Waals surface area contributed by atoms with Crippen LogP contribution >= 0.6 is 11.8 Å². The third kappa shape index (κ3) is 4.22. The smallest absolute Gasteiger partial charge is 0.317 e. The van der Waals surface area contributed by atoms with Gasteiger partial charge in [-0.15, -0.1) is 0 Å². The molecule has 2 aliphatic heterocycles. The maximum absolute atomic E-state index is 12.4. The Kier molecular flexibility index (Phi) is 5.66. The van der Waals surface area contributed by atoms with Crippen LogP contribution in [0.25, 0.3) is 0 Å². The number of urea groups is 1. The topological polar surface area (TPSA) is 48.5 Å². The Morgan fingerprint density at radius 1 is 1.38 bits per heavy atom. The van der Waals surface area contributed by atoms with E-state index in [1.165, 1.54) is 18.6 Å². The summed E-state index contributed by atoms with van der Waals surface area (Å²) in [6.07, 6.45) is 4.31. The van der Waals surface area contributed by atoms with Gasteiger partial charge >= 0.3 is 6.03 Å².